The summed E-state index contributed by atoms with van der Waals surface area (Å²) in [6, 6.07) is 15.0. The molecule has 0 aliphatic rings. The van der Waals surface area contributed by atoms with Gasteiger partial charge < -0.3 is 10.1 Å². The summed E-state index contributed by atoms with van der Waals surface area (Å²) in [7, 11) is 0. The molecule has 4 nitrogen and oxygen atoms in total. The number of amides is 1. The maximum atomic E-state index is 11.9. The molecule has 0 aliphatic carbocycles. The van der Waals surface area contributed by atoms with Crippen LogP contribution in [0.2, 0.25) is 0 Å². The van der Waals surface area contributed by atoms with Gasteiger partial charge in [0.15, 0.2) is 6.61 Å². The van der Waals surface area contributed by atoms with Gasteiger partial charge in [0, 0.05) is 0 Å². The summed E-state index contributed by atoms with van der Waals surface area (Å²) < 4.78 is 5.07. The zero-order valence-electron chi connectivity index (χ0n) is 14.3. The zero-order valence-corrected chi connectivity index (χ0v) is 14.3. The maximum Gasteiger partial charge on any atom is 0.338 e. The Kier molecular flexibility index (Phi) is 6.13. The van der Waals surface area contributed by atoms with Crippen LogP contribution >= 0.6 is 0 Å². The molecule has 0 bridgehead atoms. The van der Waals surface area contributed by atoms with Gasteiger partial charge in [-0.1, -0.05) is 48.9 Å². The summed E-state index contributed by atoms with van der Waals surface area (Å²) in [5.41, 5.74) is 3.78. The Morgan fingerprint density at radius 2 is 1.67 bits per heavy atom. The highest BCUT2D eigenvalue weighted by Crippen LogP contribution is 2.13. The predicted molar refractivity (Wildman–Crippen MR) is 93.8 cm³/mol. The fourth-order valence-electron chi connectivity index (χ4n) is 2.31. The summed E-state index contributed by atoms with van der Waals surface area (Å²) >= 11 is 0. The lowest BCUT2D eigenvalue weighted by molar-refractivity contribution is -0.124. The van der Waals surface area contributed by atoms with E-state index >= 15 is 0 Å². The van der Waals surface area contributed by atoms with Crippen molar-refractivity contribution in [3.63, 3.8) is 0 Å². The van der Waals surface area contributed by atoms with Gasteiger partial charge >= 0.3 is 5.97 Å². The number of aryl methyl sites for hydroxylation is 2. The van der Waals surface area contributed by atoms with Gasteiger partial charge in [0.1, 0.15) is 0 Å². The minimum atomic E-state index is -0.490. The molecule has 0 spiro atoms. The molecule has 1 amide bonds. The highest BCUT2D eigenvalue weighted by atomic mass is 16.5. The van der Waals surface area contributed by atoms with E-state index in [1.807, 2.05) is 57.2 Å². The van der Waals surface area contributed by atoms with Crippen LogP contribution in [-0.4, -0.2) is 18.5 Å². The van der Waals surface area contributed by atoms with Gasteiger partial charge in [-0.2, -0.15) is 0 Å². The number of ether oxygens (including phenoxy) is 1. The first-order chi connectivity index (χ1) is 11.5. The topological polar surface area (TPSA) is 55.4 Å². The van der Waals surface area contributed by atoms with Crippen molar-refractivity contribution in [2.45, 2.75) is 33.2 Å². The molecule has 0 fully saturated rings. The van der Waals surface area contributed by atoms with Gasteiger partial charge in [-0.25, -0.2) is 4.79 Å². The van der Waals surface area contributed by atoms with Crippen LogP contribution in [-0.2, 0) is 16.0 Å². The molecule has 24 heavy (non-hydrogen) atoms. The molecule has 0 saturated carbocycles. The molecule has 0 radical (unpaired) electrons. The van der Waals surface area contributed by atoms with Crippen molar-refractivity contribution in [1.29, 1.82) is 0 Å². The third-order valence-corrected chi connectivity index (χ3v) is 3.89. The van der Waals surface area contributed by atoms with E-state index in [4.69, 9.17) is 4.74 Å². The van der Waals surface area contributed by atoms with Crippen LogP contribution in [0.3, 0.4) is 0 Å². The van der Waals surface area contributed by atoms with E-state index in [2.05, 4.69) is 5.32 Å². The molecule has 0 unspecified atom stereocenters. The summed E-state index contributed by atoms with van der Waals surface area (Å²) in [6.45, 7) is 5.67. The van der Waals surface area contributed by atoms with E-state index in [9.17, 15) is 9.59 Å². The summed E-state index contributed by atoms with van der Waals surface area (Å²) in [5, 5.41) is 2.82. The molecule has 2 aromatic carbocycles. The number of carbonyl (C=O) groups is 2. The second kappa shape index (κ2) is 8.29. The molecule has 1 atom stereocenters. The Hall–Kier alpha value is -2.62. The van der Waals surface area contributed by atoms with Gasteiger partial charge in [0.2, 0.25) is 0 Å². The van der Waals surface area contributed by atoms with E-state index in [1.165, 1.54) is 5.56 Å². The standard InChI is InChI=1S/C20H23NO3/c1-4-16-7-11-18(12-8-16)20(23)24-13-19(22)21-15(3)17-9-5-14(2)6-10-17/h5-12,15H,4,13H2,1-3H3,(H,21,22)/t15-/m0/s1. The van der Waals surface area contributed by atoms with E-state index in [0.29, 0.717) is 5.56 Å². The Morgan fingerprint density at radius 3 is 2.25 bits per heavy atom. The highest BCUT2D eigenvalue weighted by molar-refractivity contribution is 5.91. The normalized spacial score (nSPS) is 11.6. The second-order valence-corrected chi connectivity index (χ2v) is 5.83. The van der Waals surface area contributed by atoms with Crippen LogP contribution in [0.1, 0.15) is 46.9 Å². The van der Waals surface area contributed by atoms with Crippen LogP contribution in [0.25, 0.3) is 0 Å². The molecule has 0 saturated heterocycles. The van der Waals surface area contributed by atoms with Crippen molar-refractivity contribution >= 4 is 11.9 Å². The summed E-state index contributed by atoms with van der Waals surface area (Å²) in [4.78, 5) is 23.9. The molecular formula is C20H23NO3. The minimum Gasteiger partial charge on any atom is -0.452 e. The second-order valence-electron chi connectivity index (χ2n) is 5.83. The monoisotopic (exact) mass is 325 g/mol. The fourth-order valence-corrected chi connectivity index (χ4v) is 2.31. The largest absolute Gasteiger partial charge is 0.452 e. The van der Waals surface area contributed by atoms with Crippen molar-refractivity contribution in [2.75, 3.05) is 6.61 Å². The molecule has 0 aliphatic heterocycles. The number of hydrogen-bond donors (Lipinski definition) is 1. The van der Waals surface area contributed by atoms with Crippen LogP contribution in [0, 0.1) is 6.92 Å². The molecule has 1 N–H and O–H groups in total. The first-order valence-corrected chi connectivity index (χ1v) is 8.11. The van der Waals surface area contributed by atoms with E-state index in [1.54, 1.807) is 12.1 Å². The Bertz CT molecular complexity index is 690. The lowest BCUT2D eigenvalue weighted by Crippen LogP contribution is -2.31. The molecule has 2 rings (SSSR count). The number of rotatable bonds is 6. The van der Waals surface area contributed by atoms with Gasteiger partial charge in [0.25, 0.3) is 5.91 Å². The Balaban J connectivity index is 1.83. The maximum absolute atomic E-state index is 11.9. The predicted octanol–water partition coefficient (Wildman–Crippen LogP) is 3.59. The fraction of sp³-hybridized carbons (Fsp3) is 0.300. The van der Waals surface area contributed by atoms with Gasteiger partial charge in [0.05, 0.1) is 11.6 Å². The van der Waals surface area contributed by atoms with E-state index < -0.39 is 5.97 Å². The SMILES string of the molecule is CCc1ccc(C(=O)OCC(=O)N[C@@H](C)c2ccc(C)cc2)cc1. The molecule has 0 aromatic heterocycles. The molecule has 4 heteroatoms. The number of carbonyl (C=O) groups excluding carboxylic acids is 2. The van der Waals surface area contributed by atoms with Crippen LogP contribution in [0.5, 0.6) is 0 Å². The molecular weight excluding hydrogens is 302 g/mol. The molecule has 126 valence electrons. The number of nitrogens with one attached hydrogen (secondary N) is 1. The van der Waals surface area contributed by atoms with Gasteiger partial charge in [-0.15, -0.1) is 0 Å². The van der Waals surface area contributed by atoms with Crippen molar-refractivity contribution < 1.29 is 14.3 Å². The minimum absolute atomic E-state index is 0.138. The average Bonchev–Trinajstić information content (AvgIpc) is 2.60. The Morgan fingerprint density at radius 1 is 1.04 bits per heavy atom. The Labute approximate surface area is 142 Å². The molecule has 2 aromatic rings. The summed E-state index contributed by atoms with van der Waals surface area (Å²) in [6.07, 6.45) is 0.911. The lowest BCUT2D eigenvalue weighted by atomic mass is 10.1. The van der Waals surface area contributed by atoms with Gasteiger partial charge in [-0.05, 0) is 43.5 Å². The highest BCUT2D eigenvalue weighted by Gasteiger charge is 2.13. The number of hydrogen-bond acceptors (Lipinski definition) is 3. The van der Waals surface area contributed by atoms with E-state index in [-0.39, 0.29) is 18.6 Å². The first kappa shape index (κ1) is 17.7. The van der Waals surface area contributed by atoms with Crippen LogP contribution < -0.4 is 5.32 Å². The van der Waals surface area contributed by atoms with Crippen molar-refractivity contribution in [3.05, 3.63) is 70.8 Å². The third-order valence-electron chi connectivity index (χ3n) is 3.89. The average molecular weight is 325 g/mol. The lowest BCUT2D eigenvalue weighted by Gasteiger charge is -2.14. The van der Waals surface area contributed by atoms with Crippen molar-refractivity contribution in [3.8, 4) is 0 Å². The van der Waals surface area contributed by atoms with Gasteiger partial charge in [-0.3, -0.25) is 4.79 Å². The third kappa shape index (κ3) is 4.95. The first-order valence-electron chi connectivity index (χ1n) is 8.11. The van der Waals surface area contributed by atoms with E-state index in [0.717, 1.165) is 17.5 Å². The van der Waals surface area contributed by atoms with Crippen LogP contribution in [0.15, 0.2) is 48.5 Å². The zero-order chi connectivity index (χ0) is 17.5. The van der Waals surface area contributed by atoms with Crippen LogP contribution in [0.4, 0.5) is 0 Å². The smallest absolute Gasteiger partial charge is 0.338 e. The van der Waals surface area contributed by atoms with Crippen molar-refractivity contribution in [2.24, 2.45) is 0 Å². The molecule has 0 heterocycles. The van der Waals surface area contributed by atoms with Crippen molar-refractivity contribution in [1.82, 2.24) is 5.32 Å². The summed E-state index contributed by atoms with van der Waals surface area (Å²) in [5.74, 6) is -0.808. The quantitative estimate of drug-likeness (QED) is 0.826. The number of esters is 1. The number of benzene rings is 2.